The van der Waals surface area contributed by atoms with Crippen molar-refractivity contribution in [2.75, 3.05) is 19.8 Å². The van der Waals surface area contributed by atoms with E-state index in [4.69, 9.17) is 14.3 Å². The Morgan fingerprint density at radius 2 is 2.04 bits per heavy atom. The molecule has 1 aliphatic heterocycles. The van der Waals surface area contributed by atoms with Gasteiger partial charge in [0.25, 0.3) is 5.91 Å². The summed E-state index contributed by atoms with van der Waals surface area (Å²) in [5.74, 6) is -1.36. The maximum Gasteiger partial charge on any atom is 0.338 e. The Kier molecular flexibility index (Phi) is 4.96. The largest absolute Gasteiger partial charge is 0.478 e. The Labute approximate surface area is 139 Å². The van der Waals surface area contributed by atoms with Gasteiger partial charge in [0.2, 0.25) is 0 Å². The molecule has 1 unspecified atom stereocenters. The Morgan fingerprint density at radius 1 is 1.25 bits per heavy atom. The van der Waals surface area contributed by atoms with Gasteiger partial charge in [-0.2, -0.15) is 0 Å². The van der Waals surface area contributed by atoms with Gasteiger partial charge in [0.15, 0.2) is 5.76 Å². The molecule has 0 radical (unpaired) electrons. The molecule has 1 saturated heterocycles. The van der Waals surface area contributed by atoms with Gasteiger partial charge in [-0.05, 0) is 18.4 Å². The van der Waals surface area contributed by atoms with Crippen LogP contribution in [0.5, 0.6) is 0 Å². The number of aromatic carboxylic acids is 1. The third-order valence-electron chi connectivity index (χ3n) is 4.15. The van der Waals surface area contributed by atoms with Gasteiger partial charge in [-0.1, -0.05) is 30.3 Å². The van der Waals surface area contributed by atoms with Crippen molar-refractivity contribution in [1.29, 1.82) is 0 Å². The molecule has 2 heterocycles. The zero-order valence-electron chi connectivity index (χ0n) is 13.2. The van der Waals surface area contributed by atoms with Crippen LogP contribution in [0, 0.1) is 0 Å². The summed E-state index contributed by atoms with van der Waals surface area (Å²) in [5, 5.41) is 8.98. The third kappa shape index (κ3) is 3.65. The number of hydrogen-bond donors (Lipinski definition) is 1. The Hall–Kier alpha value is -2.60. The first-order valence-electron chi connectivity index (χ1n) is 7.89. The second kappa shape index (κ2) is 7.31. The fourth-order valence-corrected chi connectivity index (χ4v) is 2.81. The van der Waals surface area contributed by atoms with Crippen LogP contribution in [0.2, 0.25) is 0 Å². The molecule has 1 aromatic carbocycles. The van der Waals surface area contributed by atoms with Crippen molar-refractivity contribution in [2.45, 2.75) is 18.9 Å². The maximum atomic E-state index is 12.8. The van der Waals surface area contributed by atoms with E-state index in [0.717, 1.165) is 24.7 Å². The fraction of sp³-hybridized carbons (Fsp3) is 0.333. The SMILES string of the molecule is O=C(O)c1coc(C(=O)N(CCc2ccccc2)C2CCOC2)c1. The van der Waals surface area contributed by atoms with Gasteiger partial charge in [-0.3, -0.25) is 4.79 Å². The second-order valence-electron chi connectivity index (χ2n) is 5.76. The summed E-state index contributed by atoms with van der Waals surface area (Å²) >= 11 is 0. The van der Waals surface area contributed by atoms with E-state index in [1.54, 1.807) is 4.90 Å². The zero-order valence-corrected chi connectivity index (χ0v) is 13.2. The van der Waals surface area contributed by atoms with E-state index in [9.17, 15) is 9.59 Å². The van der Waals surface area contributed by atoms with Gasteiger partial charge < -0.3 is 19.2 Å². The molecular weight excluding hydrogens is 310 g/mol. The minimum atomic E-state index is -1.11. The number of furan rings is 1. The molecule has 3 rings (SSSR count). The van der Waals surface area contributed by atoms with Crippen LogP contribution < -0.4 is 0 Å². The molecule has 2 aromatic rings. The van der Waals surface area contributed by atoms with E-state index in [0.29, 0.717) is 19.8 Å². The lowest BCUT2D eigenvalue weighted by Gasteiger charge is -2.27. The molecule has 6 heteroatoms. The first kappa shape index (κ1) is 16.3. The lowest BCUT2D eigenvalue weighted by atomic mass is 10.1. The Balaban J connectivity index is 1.75. The Bertz CT molecular complexity index is 703. The van der Waals surface area contributed by atoms with Crippen LogP contribution in [0.4, 0.5) is 0 Å². The molecule has 1 amide bonds. The van der Waals surface area contributed by atoms with Gasteiger partial charge in [-0.15, -0.1) is 0 Å². The second-order valence-corrected chi connectivity index (χ2v) is 5.76. The number of carboxylic acids is 1. The molecule has 1 aromatic heterocycles. The highest BCUT2D eigenvalue weighted by molar-refractivity contribution is 5.95. The van der Waals surface area contributed by atoms with Crippen molar-refractivity contribution >= 4 is 11.9 Å². The summed E-state index contributed by atoms with van der Waals surface area (Å²) in [4.78, 5) is 25.5. The number of rotatable bonds is 6. The number of carbonyl (C=O) groups is 2. The smallest absolute Gasteiger partial charge is 0.338 e. The minimum absolute atomic E-state index is 0.0143. The number of nitrogens with zero attached hydrogens (tertiary/aromatic N) is 1. The maximum absolute atomic E-state index is 12.8. The molecule has 126 valence electrons. The van der Waals surface area contributed by atoms with E-state index in [1.807, 2.05) is 30.3 Å². The number of amides is 1. The number of carbonyl (C=O) groups excluding carboxylic acids is 1. The van der Waals surface area contributed by atoms with Gasteiger partial charge in [0.05, 0.1) is 18.2 Å². The summed E-state index contributed by atoms with van der Waals surface area (Å²) in [6.07, 6.45) is 2.58. The van der Waals surface area contributed by atoms with E-state index in [1.165, 1.54) is 6.07 Å². The molecular formula is C18H19NO5. The van der Waals surface area contributed by atoms with E-state index in [-0.39, 0.29) is 23.3 Å². The van der Waals surface area contributed by atoms with Gasteiger partial charge in [-0.25, -0.2) is 4.79 Å². The molecule has 1 aliphatic rings. The van der Waals surface area contributed by atoms with Crippen molar-refractivity contribution in [3.05, 3.63) is 59.5 Å². The van der Waals surface area contributed by atoms with Crippen molar-refractivity contribution in [3.8, 4) is 0 Å². The predicted molar refractivity (Wildman–Crippen MR) is 86.1 cm³/mol. The predicted octanol–water partition coefficient (Wildman–Crippen LogP) is 2.45. The van der Waals surface area contributed by atoms with Crippen molar-refractivity contribution in [2.24, 2.45) is 0 Å². The van der Waals surface area contributed by atoms with E-state index >= 15 is 0 Å². The standard InChI is InChI=1S/C18H19NO5/c20-17(16-10-14(11-24-16)18(21)22)19(15-7-9-23-12-15)8-6-13-4-2-1-3-5-13/h1-5,10-11,15H,6-9,12H2,(H,21,22). The molecule has 24 heavy (non-hydrogen) atoms. The average molecular weight is 329 g/mol. The molecule has 6 nitrogen and oxygen atoms in total. The summed E-state index contributed by atoms with van der Waals surface area (Å²) in [6.45, 7) is 1.64. The molecule has 1 fully saturated rings. The van der Waals surface area contributed by atoms with Crippen molar-refractivity contribution < 1.29 is 23.8 Å². The highest BCUT2D eigenvalue weighted by Gasteiger charge is 2.30. The molecule has 0 saturated carbocycles. The van der Waals surface area contributed by atoms with E-state index in [2.05, 4.69) is 0 Å². The molecule has 0 bridgehead atoms. The van der Waals surface area contributed by atoms with Gasteiger partial charge in [0.1, 0.15) is 6.26 Å². The lowest BCUT2D eigenvalue weighted by Crippen LogP contribution is -2.42. The topological polar surface area (TPSA) is 80.0 Å². The van der Waals surface area contributed by atoms with Crippen molar-refractivity contribution in [3.63, 3.8) is 0 Å². The van der Waals surface area contributed by atoms with Gasteiger partial charge in [0, 0.05) is 19.2 Å². The van der Waals surface area contributed by atoms with Crippen LogP contribution in [0.1, 0.15) is 32.9 Å². The third-order valence-corrected chi connectivity index (χ3v) is 4.15. The normalized spacial score (nSPS) is 16.9. The molecule has 0 aliphatic carbocycles. The zero-order chi connectivity index (χ0) is 16.9. The molecule has 1 N–H and O–H groups in total. The van der Waals surface area contributed by atoms with Crippen LogP contribution >= 0.6 is 0 Å². The summed E-state index contributed by atoms with van der Waals surface area (Å²) in [5.41, 5.74) is 1.11. The van der Waals surface area contributed by atoms with Crippen LogP contribution in [-0.2, 0) is 11.2 Å². The lowest BCUT2D eigenvalue weighted by molar-refractivity contribution is 0.0623. The molecule has 1 atom stereocenters. The summed E-state index contributed by atoms with van der Waals surface area (Å²) < 4.78 is 10.6. The first-order chi connectivity index (χ1) is 11.6. The van der Waals surface area contributed by atoms with Crippen molar-refractivity contribution in [1.82, 2.24) is 4.90 Å². The number of hydrogen-bond acceptors (Lipinski definition) is 4. The molecule has 0 spiro atoms. The number of ether oxygens (including phenoxy) is 1. The van der Waals surface area contributed by atoms with E-state index < -0.39 is 5.97 Å². The van der Waals surface area contributed by atoms with Crippen LogP contribution in [-0.4, -0.2) is 47.7 Å². The summed E-state index contributed by atoms with van der Waals surface area (Å²) in [7, 11) is 0. The minimum Gasteiger partial charge on any atom is -0.478 e. The van der Waals surface area contributed by atoms with Crippen LogP contribution in [0.25, 0.3) is 0 Å². The average Bonchev–Trinajstić information content (AvgIpc) is 3.28. The van der Waals surface area contributed by atoms with Gasteiger partial charge >= 0.3 is 5.97 Å². The Morgan fingerprint density at radius 3 is 2.67 bits per heavy atom. The number of benzene rings is 1. The highest BCUT2D eigenvalue weighted by atomic mass is 16.5. The van der Waals surface area contributed by atoms with Crippen LogP contribution in [0.3, 0.4) is 0 Å². The van der Waals surface area contributed by atoms with Crippen LogP contribution in [0.15, 0.2) is 47.1 Å². The highest BCUT2D eigenvalue weighted by Crippen LogP contribution is 2.18. The monoisotopic (exact) mass is 329 g/mol. The summed E-state index contributed by atoms with van der Waals surface area (Å²) in [6, 6.07) is 11.2. The quantitative estimate of drug-likeness (QED) is 0.880. The first-order valence-corrected chi connectivity index (χ1v) is 7.89. The number of carboxylic acid groups (broad SMARTS) is 1. The fourth-order valence-electron chi connectivity index (χ4n) is 2.81.